The van der Waals surface area contributed by atoms with Gasteiger partial charge in [0.05, 0.1) is 18.7 Å². The highest BCUT2D eigenvalue weighted by Crippen LogP contribution is 2.39. The molecule has 2 aromatic heterocycles. The molecule has 0 aliphatic carbocycles. The van der Waals surface area contributed by atoms with Crippen LogP contribution in [0.15, 0.2) is 60.7 Å². The molecule has 0 radical (unpaired) electrons. The van der Waals surface area contributed by atoms with E-state index in [1.54, 1.807) is 13.2 Å². The zero-order chi connectivity index (χ0) is 23.9. The van der Waals surface area contributed by atoms with E-state index in [1.165, 1.54) is 0 Å². The Morgan fingerprint density at radius 2 is 1.88 bits per heavy atom. The molecule has 0 unspecified atom stereocenters. The molecule has 2 aromatic carbocycles. The number of para-hydroxylation sites is 1. The first kappa shape index (κ1) is 23.0. The van der Waals surface area contributed by atoms with E-state index in [9.17, 15) is 0 Å². The summed E-state index contributed by atoms with van der Waals surface area (Å²) in [5, 5.41) is 14.1. The summed E-state index contributed by atoms with van der Waals surface area (Å²) in [5.41, 5.74) is 2.93. The van der Waals surface area contributed by atoms with Gasteiger partial charge in [0.25, 0.3) is 0 Å². The molecular formula is C25H23ClN6O2. The van der Waals surface area contributed by atoms with Gasteiger partial charge in [-0.3, -0.25) is 5.10 Å². The number of nitrogens with one attached hydrogen (secondary N) is 3. The number of pyridine rings is 1. The average molecular weight is 475 g/mol. The summed E-state index contributed by atoms with van der Waals surface area (Å²) in [7, 11) is 1.62. The van der Waals surface area contributed by atoms with Crippen molar-refractivity contribution in [2.75, 3.05) is 30.9 Å². The number of H-pyrrole nitrogens is 1. The summed E-state index contributed by atoms with van der Waals surface area (Å²) in [6.45, 7) is 10.5. The van der Waals surface area contributed by atoms with E-state index in [-0.39, 0.29) is 0 Å². The fourth-order valence-corrected chi connectivity index (χ4v) is 3.53. The fourth-order valence-electron chi connectivity index (χ4n) is 3.33. The zero-order valence-electron chi connectivity index (χ0n) is 18.7. The lowest BCUT2D eigenvalue weighted by molar-refractivity contribution is 0.333. The van der Waals surface area contributed by atoms with Crippen LogP contribution in [0.3, 0.4) is 0 Å². The molecule has 0 saturated heterocycles. The Morgan fingerprint density at radius 1 is 1.09 bits per heavy atom. The topological polar surface area (TPSA) is 88.5 Å². The summed E-state index contributed by atoms with van der Waals surface area (Å²) in [4.78, 5) is 8.41. The van der Waals surface area contributed by atoms with Gasteiger partial charge in [-0.1, -0.05) is 35.9 Å². The van der Waals surface area contributed by atoms with Crippen molar-refractivity contribution in [1.82, 2.24) is 15.2 Å². The van der Waals surface area contributed by atoms with Gasteiger partial charge < -0.3 is 20.1 Å². The molecule has 34 heavy (non-hydrogen) atoms. The molecule has 8 nitrogen and oxygen atoms in total. The fraction of sp³-hybridized carbons (Fsp3) is 0.160. The lowest BCUT2D eigenvalue weighted by Gasteiger charge is -2.15. The molecule has 0 atom stereocenters. The lowest BCUT2D eigenvalue weighted by Crippen LogP contribution is -2.13. The van der Waals surface area contributed by atoms with Crippen LogP contribution < -0.4 is 20.1 Å². The minimum Gasteiger partial charge on any atom is -0.497 e. The number of methoxy groups -OCH3 is 1. The third-order valence-corrected chi connectivity index (χ3v) is 5.27. The smallest absolute Gasteiger partial charge is 0.235 e. The number of benzene rings is 2. The van der Waals surface area contributed by atoms with Crippen LogP contribution in [0, 0.1) is 13.5 Å². The Balaban J connectivity index is 1.61. The Hall–Kier alpha value is -4.22. The van der Waals surface area contributed by atoms with Gasteiger partial charge in [0.1, 0.15) is 29.7 Å². The number of hydrogen-bond donors (Lipinski definition) is 3. The molecule has 4 rings (SSSR count). The number of aryl methyl sites for hydroxylation is 1. The first-order valence-corrected chi connectivity index (χ1v) is 10.9. The number of nitrogens with zero attached hydrogens (tertiary/aromatic N) is 3. The predicted octanol–water partition coefficient (Wildman–Crippen LogP) is 6.23. The molecule has 0 saturated carbocycles. The van der Waals surface area contributed by atoms with Gasteiger partial charge >= 0.3 is 0 Å². The third kappa shape index (κ3) is 5.39. The number of rotatable bonds is 9. The van der Waals surface area contributed by atoms with Crippen LogP contribution in [0.5, 0.6) is 11.5 Å². The molecule has 9 heteroatoms. The minimum atomic E-state index is 0.344. The Labute approximate surface area is 202 Å². The van der Waals surface area contributed by atoms with Gasteiger partial charge in [-0.2, -0.15) is 5.10 Å². The van der Waals surface area contributed by atoms with Crippen LogP contribution in [-0.2, 0) is 0 Å². The highest BCUT2D eigenvalue weighted by atomic mass is 35.5. The van der Waals surface area contributed by atoms with Crippen molar-refractivity contribution < 1.29 is 9.47 Å². The maximum absolute atomic E-state index is 7.82. The zero-order valence-corrected chi connectivity index (χ0v) is 19.5. The molecule has 0 aliphatic rings. The van der Waals surface area contributed by atoms with Gasteiger partial charge in [0.15, 0.2) is 5.82 Å². The number of anilines is 3. The first-order valence-electron chi connectivity index (χ1n) is 10.5. The van der Waals surface area contributed by atoms with Crippen LogP contribution in [0.25, 0.3) is 16.0 Å². The van der Waals surface area contributed by atoms with Crippen molar-refractivity contribution in [2.24, 2.45) is 0 Å². The molecule has 3 N–H and O–H groups in total. The first-order chi connectivity index (χ1) is 16.6. The molecule has 0 bridgehead atoms. The maximum atomic E-state index is 7.82. The Morgan fingerprint density at radius 3 is 2.56 bits per heavy atom. The monoisotopic (exact) mass is 474 g/mol. The number of ether oxygens (including phenoxy) is 2. The summed E-state index contributed by atoms with van der Waals surface area (Å²) in [6.07, 6.45) is 0. The van der Waals surface area contributed by atoms with E-state index in [1.807, 2.05) is 61.5 Å². The molecule has 0 amide bonds. The van der Waals surface area contributed by atoms with E-state index < -0.39 is 0 Å². The summed E-state index contributed by atoms with van der Waals surface area (Å²) in [6, 6.07) is 18.5. The van der Waals surface area contributed by atoms with Crippen LogP contribution in [0.1, 0.15) is 5.69 Å². The molecule has 4 aromatic rings. The van der Waals surface area contributed by atoms with Crippen molar-refractivity contribution in [1.29, 1.82) is 0 Å². The van der Waals surface area contributed by atoms with Gasteiger partial charge in [-0.15, -0.1) is 0 Å². The SMILES string of the molecule is [C-]#[N+]c1c(-c2ccc(OC)cc2)cc(Nc2cc(C)[nH]n2)nc1NCCOc1ccccc1Cl. The van der Waals surface area contributed by atoms with Gasteiger partial charge in [-0.25, -0.2) is 9.83 Å². The van der Waals surface area contributed by atoms with Crippen molar-refractivity contribution in [3.05, 3.63) is 82.8 Å². The highest BCUT2D eigenvalue weighted by Gasteiger charge is 2.16. The summed E-state index contributed by atoms with van der Waals surface area (Å²) in [5.74, 6) is 2.98. The number of hydrogen-bond acceptors (Lipinski definition) is 6. The predicted molar refractivity (Wildman–Crippen MR) is 135 cm³/mol. The number of halogens is 1. The second-order valence-corrected chi connectivity index (χ2v) is 7.77. The minimum absolute atomic E-state index is 0.344. The van der Waals surface area contributed by atoms with Gasteiger partial charge in [0, 0.05) is 18.3 Å². The third-order valence-electron chi connectivity index (χ3n) is 4.96. The molecule has 2 heterocycles. The standard InChI is InChI=1S/C25H23ClN6O2/c1-16-14-23(32-31-16)29-22-15-19(17-8-10-18(33-3)11-9-17)24(27-2)25(30-22)28-12-13-34-21-7-5-4-6-20(21)26/h4-11,14-15H,12-13H2,1,3H3,(H3,28,29,30,31,32). The highest BCUT2D eigenvalue weighted by molar-refractivity contribution is 6.32. The van der Waals surface area contributed by atoms with E-state index in [2.05, 4.69) is 30.7 Å². The van der Waals surface area contributed by atoms with E-state index in [4.69, 9.17) is 27.6 Å². The quantitative estimate of drug-likeness (QED) is 0.197. The van der Waals surface area contributed by atoms with Crippen LogP contribution >= 0.6 is 11.6 Å². The second kappa shape index (κ2) is 10.6. The Bertz CT molecular complexity index is 1310. The molecular weight excluding hydrogens is 452 g/mol. The number of aromatic amines is 1. The lowest BCUT2D eigenvalue weighted by atomic mass is 10.0. The summed E-state index contributed by atoms with van der Waals surface area (Å²) < 4.78 is 11.0. The van der Waals surface area contributed by atoms with Crippen molar-refractivity contribution in [2.45, 2.75) is 6.92 Å². The molecule has 0 fully saturated rings. The molecule has 172 valence electrons. The maximum Gasteiger partial charge on any atom is 0.235 e. The van der Waals surface area contributed by atoms with Crippen LogP contribution in [0.2, 0.25) is 5.02 Å². The van der Waals surface area contributed by atoms with Crippen molar-refractivity contribution in [3.63, 3.8) is 0 Å². The van der Waals surface area contributed by atoms with Crippen LogP contribution in [-0.4, -0.2) is 35.4 Å². The van der Waals surface area contributed by atoms with E-state index in [0.29, 0.717) is 47.1 Å². The van der Waals surface area contributed by atoms with Gasteiger partial charge in [0.2, 0.25) is 5.69 Å². The summed E-state index contributed by atoms with van der Waals surface area (Å²) >= 11 is 6.15. The molecule has 0 aliphatic heterocycles. The second-order valence-electron chi connectivity index (χ2n) is 7.36. The van der Waals surface area contributed by atoms with Crippen LogP contribution in [0.4, 0.5) is 23.1 Å². The molecule has 0 spiro atoms. The van der Waals surface area contributed by atoms with Crippen molar-refractivity contribution in [3.8, 4) is 22.6 Å². The number of aromatic nitrogens is 3. The van der Waals surface area contributed by atoms with E-state index >= 15 is 0 Å². The Kier molecular flexibility index (Phi) is 7.16. The van der Waals surface area contributed by atoms with Crippen molar-refractivity contribution >= 4 is 34.7 Å². The van der Waals surface area contributed by atoms with E-state index in [0.717, 1.165) is 22.6 Å². The average Bonchev–Trinajstić information content (AvgIpc) is 3.27. The normalized spacial score (nSPS) is 10.4. The largest absolute Gasteiger partial charge is 0.497 e. The van der Waals surface area contributed by atoms with Gasteiger partial charge in [-0.05, 0) is 48.4 Å².